The van der Waals surface area contributed by atoms with E-state index in [1.807, 2.05) is 39.8 Å². The maximum Gasteiger partial charge on any atom is 0.225 e. The number of benzene rings is 1. The van der Waals surface area contributed by atoms with E-state index in [1.54, 1.807) is 0 Å². The number of hydrogen-bond acceptors (Lipinski definition) is 4. The summed E-state index contributed by atoms with van der Waals surface area (Å²) in [5.41, 5.74) is 2.31. The molecule has 0 saturated heterocycles. The Morgan fingerprint density at radius 1 is 1.15 bits per heavy atom. The molecule has 1 aromatic carbocycles. The normalized spacial score (nSPS) is 12.3. The summed E-state index contributed by atoms with van der Waals surface area (Å²) in [6, 6.07) is 5.95. The molecule has 1 N–H and O–H groups in total. The molecule has 0 aliphatic rings. The third kappa shape index (κ3) is 6.29. The third-order valence-electron chi connectivity index (χ3n) is 4.30. The fraction of sp³-hybridized carbons (Fsp3) is 0.632. The van der Waals surface area contributed by atoms with E-state index >= 15 is 0 Å². The van der Waals surface area contributed by atoms with Crippen molar-refractivity contribution in [2.24, 2.45) is 0 Å². The molecule has 0 bridgehead atoms. The molecular weight excluding hydrogens is 350 g/mol. The van der Waals surface area contributed by atoms with E-state index in [9.17, 15) is 13.2 Å². The Kier molecular flexibility index (Phi) is 7.65. The highest BCUT2D eigenvalue weighted by atomic mass is 32.2. The first-order chi connectivity index (χ1) is 11.9. The van der Waals surface area contributed by atoms with Gasteiger partial charge in [-0.1, -0.05) is 0 Å². The maximum atomic E-state index is 12.3. The average Bonchev–Trinajstić information content (AvgIpc) is 2.48. The van der Waals surface area contributed by atoms with E-state index < -0.39 is 15.6 Å². The van der Waals surface area contributed by atoms with Gasteiger partial charge in [-0.2, -0.15) is 4.31 Å². The number of aryl methyl sites for hydroxylation is 1. The van der Waals surface area contributed by atoms with Crippen molar-refractivity contribution in [1.82, 2.24) is 4.31 Å². The molecule has 0 atom stereocenters. The fourth-order valence-electron chi connectivity index (χ4n) is 2.99. The topological polar surface area (TPSA) is 69.7 Å². The molecule has 0 aliphatic heterocycles. The van der Waals surface area contributed by atoms with Crippen LogP contribution in [0.25, 0.3) is 0 Å². The molecule has 148 valence electrons. The van der Waals surface area contributed by atoms with Crippen molar-refractivity contribution in [2.75, 3.05) is 36.1 Å². The first-order valence-corrected chi connectivity index (χ1v) is 10.9. The Bertz CT molecular complexity index is 720. The number of nitrogens with zero attached hydrogens (tertiary/aromatic N) is 2. The lowest BCUT2D eigenvalue weighted by atomic mass is 10.1. The van der Waals surface area contributed by atoms with Crippen molar-refractivity contribution in [3.63, 3.8) is 0 Å². The van der Waals surface area contributed by atoms with Gasteiger partial charge in [-0.25, -0.2) is 8.42 Å². The molecule has 6 nitrogen and oxygen atoms in total. The number of nitrogens with one attached hydrogen (secondary N) is 1. The van der Waals surface area contributed by atoms with Crippen molar-refractivity contribution in [2.45, 2.75) is 53.5 Å². The highest BCUT2D eigenvalue weighted by molar-refractivity contribution is 7.88. The largest absolute Gasteiger partial charge is 0.372 e. The predicted molar refractivity (Wildman–Crippen MR) is 109 cm³/mol. The van der Waals surface area contributed by atoms with Crippen LogP contribution in [0.3, 0.4) is 0 Å². The quantitative estimate of drug-likeness (QED) is 0.748. The zero-order valence-electron chi connectivity index (χ0n) is 17.1. The standard InChI is InChI=1S/C19H33N3O3S/c1-8-21(9-2)16-10-11-17(15(3)14-16)20-18(23)12-13-22(19(4,5)6)26(7,24)25/h10-11,14H,8-9,12-13H2,1-7H3,(H,20,23). The number of carbonyl (C=O) groups excluding carboxylic acids is 1. The van der Waals surface area contributed by atoms with Crippen molar-refractivity contribution >= 4 is 27.3 Å². The van der Waals surface area contributed by atoms with Gasteiger partial charge in [0.2, 0.25) is 15.9 Å². The number of hydrogen-bond donors (Lipinski definition) is 1. The molecule has 0 aromatic heterocycles. The van der Waals surface area contributed by atoms with Gasteiger partial charge in [0.25, 0.3) is 0 Å². The maximum absolute atomic E-state index is 12.3. The number of carbonyl (C=O) groups is 1. The Morgan fingerprint density at radius 3 is 2.15 bits per heavy atom. The van der Waals surface area contributed by atoms with E-state index in [0.717, 1.165) is 30.0 Å². The summed E-state index contributed by atoms with van der Waals surface area (Å²) in [4.78, 5) is 14.6. The SMILES string of the molecule is CCN(CC)c1ccc(NC(=O)CCN(C(C)(C)C)S(C)(=O)=O)c(C)c1. The molecular formula is C19H33N3O3S. The van der Waals surface area contributed by atoms with Crippen LogP contribution in [-0.2, 0) is 14.8 Å². The van der Waals surface area contributed by atoms with E-state index in [4.69, 9.17) is 0 Å². The van der Waals surface area contributed by atoms with Crippen LogP contribution >= 0.6 is 0 Å². The summed E-state index contributed by atoms with van der Waals surface area (Å²) >= 11 is 0. The second-order valence-electron chi connectivity index (χ2n) is 7.48. The molecule has 0 radical (unpaired) electrons. The van der Waals surface area contributed by atoms with Gasteiger partial charge >= 0.3 is 0 Å². The summed E-state index contributed by atoms with van der Waals surface area (Å²) in [7, 11) is -3.37. The first kappa shape index (κ1) is 22.4. The van der Waals surface area contributed by atoms with Crippen LogP contribution in [0.1, 0.15) is 46.6 Å². The lowest BCUT2D eigenvalue weighted by Gasteiger charge is -2.33. The van der Waals surface area contributed by atoms with E-state index in [2.05, 4.69) is 30.1 Å². The number of amides is 1. The molecule has 0 aliphatic carbocycles. The zero-order chi connectivity index (χ0) is 20.1. The van der Waals surface area contributed by atoms with Gasteiger partial charge in [0.05, 0.1) is 6.26 Å². The molecule has 0 saturated carbocycles. The number of rotatable bonds is 8. The summed E-state index contributed by atoms with van der Waals surface area (Å²) in [5.74, 6) is -0.193. The van der Waals surface area contributed by atoms with Crippen molar-refractivity contribution in [1.29, 1.82) is 0 Å². The smallest absolute Gasteiger partial charge is 0.225 e. The van der Waals surface area contributed by atoms with Gasteiger partial charge in [-0.15, -0.1) is 0 Å². The third-order valence-corrected chi connectivity index (χ3v) is 5.83. The van der Waals surface area contributed by atoms with Crippen molar-refractivity contribution in [3.8, 4) is 0 Å². The second-order valence-corrected chi connectivity index (χ2v) is 9.38. The minimum absolute atomic E-state index is 0.113. The lowest BCUT2D eigenvalue weighted by Crippen LogP contribution is -2.46. The Labute approximate surface area is 158 Å². The van der Waals surface area contributed by atoms with E-state index in [1.165, 1.54) is 10.6 Å². The summed E-state index contributed by atoms with van der Waals surface area (Å²) in [6.45, 7) is 13.7. The van der Waals surface area contributed by atoms with Gasteiger partial charge in [0.15, 0.2) is 0 Å². The summed E-state index contributed by atoms with van der Waals surface area (Å²) < 4.78 is 25.3. The van der Waals surface area contributed by atoms with Gasteiger partial charge < -0.3 is 10.2 Å². The summed E-state index contributed by atoms with van der Waals surface area (Å²) in [6.07, 6.45) is 1.29. The Morgan fingerprint density at radius 2 is 1.73 bits per heavy atom. The van der Waals surface area contributed by atoms with Crippen LogP contribution in [0.2, 0.25) is 0 Å². The molecule has 1 aromatic rings. The Hall–Kier alpha value is -1.60. The molecule has 0 heterocycles. The minimum Gasteiger partial charge on any atom is -0.372 e. The zero-order valence-corrected chi connectivity index (χ0v) is 17.9. The highest BCUT2D eigenvalue weighted by Crippen LogP contribution is 2.23. The molecule has 0 fully saturated rings. The average molecular weight is 384 g/mol. The molecule has 1 amide bonds. The molecule has 1 rings (SSSR count). The van der Waals surface area contributed by atoms with Crippen LogP contribution < -0.4 is 10.2 Å². The first-order valence-electron chi connectivity index (χ1n) is 9.03. The predicted octanol–water partition coefficient (Wildman–Crippen LogP) is 3.23. The van der Waals surface area contributed by atoms with Crippen LogP contribution in [-0.4, -0.2) is 50.1 Å². The molecule has 0 unspecified atom stereocenters. The van der Waals surface area contributed by atoms with Crippen molar-refractivity contribution < 1.29 is 13.2 Å². The van der Waals surface area contributed by atoms with Crippen LogP contribution in [0.4, 0.5) is 11.4 Å². The van der Waals surface area contributed by atoms with E-state index in [-0.39, 0.29) is 18.9 Å². The van der Waals surface area contributed by atoms with Crippen molar-refractivity contribution in [3.05, 3.63) is 23.8 Å². The molecule has 7 heteroatoms. The van der Waals surface area contributed by atoms with Gasteiger partial charge in [0.1, 0.15) is 0 Å². The molecule has 26 heavy (non-hydrogen) atoms. The van der Waals surface area contributed by atoms with Crippen LogP contribution in [0.15, 0.2) is 18.2 Å². The fourth-order valence-corrected chi connectivity index (χ4v) is 4.41. The van der Waals surface area contributed by atoms with Gasteiger partial charge in [-0.3, -0.25) is 4.79 Å². The second kappa shape index (κ2) is 8.86. The van der Waals surface area contributed by atoms with Gasteiger partial charge in [-0.05, 0) is 65.3 Å². The monoisotopic (exact) mass is 383 g/mol. The summed E-state index contributed by atoms with van der Waals surface area (Å²) in [5, 5.41) is 2.89. The molecule has 0 spiro atoms. The van der Waals surface area contributed by atoms with Gasteiger partial charge in [0, 0.05) is 43.0 Å². The minimum atomic E-state index is -3.37. The number of sulfonamides is 1. The lowest BCUT2D eigenvalue weighted by molar-refractivity contribution is -0.116. The van der Waals surface area contributed by atoms with Crippen LogP contribution in [0.5, 0.6) is 0 Å². The highest BCUT2D eigenvalue weighted by Gasteiger charge is 2.29. The van der Waals surface area contributed by atoms with E-state index in [0.29, 0.717) is 0 Å². The Balaban J connectivity index is 2.79. The van der Waals surface area contributed by atoms with Crippen LogP contribution in [0, 0.1) is 6.92 Å². The number of anilines is 2.